The number of thiophene rings is 1. The van der Waals surface area contributed by atoms with Crippen LogP contribution in [0.25, 0.3) is 0 Å². The minimum absolute atomic E-state index is 0.0646. The van der Waals surface area contributed by atoms with Gasteiger partial charge in [-0.2, -0.15) is 0 Å². The fourth-order valence-corrected chi connectivity index (χ4v) is 9.04. The minimum atomic E-state index is -0.465. The van der Waals surface area contributed by atoms with Crippen molar-refractivity contribution < 1.29 is 14.3 Å². The smallest absolute Gasteiger partial charge is 0.410 e. The molecule has 0 aliphatic carbocycles. The number of aryl methyl sites for hydroxylation is 1. The van der Waals surface area contributed by atoms with Crippen LogP contribution in [0.1, 0.15) is 76.1 Å². The number of thioether (sulfide) groups is 2. The van der Waals surface area contributed by atoms with Gasteiger partial charge in [-0.15, -0.1) is 34.9 Å². The molecule has 7 heteroatoms. The van der Waals surface area contributed by atoms with Crippen molar-refractivity contribution in [3.63, 3.8) is 0 Å². The lowest BCUT2D eigenvalue weighted by Crippen LogP contribution is -2.54. The van der Waals surface area contributed by atoms with Crippen LogP contribution in [0.4, 0.5) is 4.79 Å². The van der Waals surface area contributed by atoms with Crippen molar-refractivity contribution in [2.24, 2.45) is 0 Å². The number of hydrogen-bond donors (Lipinski definition) is 0. The molecule has 1 unspecified atom stereocenters. The van der Waals surface area contributed by atoms with E-state index in [1.54, 1.807) is 0 Å². The molecule has 4 heterocycles. The van der Waals surface area contributed by atoms with Crippen molar-refractivity contribution in [1.82, 2.24) is 4.90 Å². The Bertz CT molecular complexity index is 751. The predicted octanol–water partition coefficient (Wildman–Crippen LogP) is 6.75. The fourth-order valence-electron chi connectivity index (χ4n) is 4.47. The van der Waals surface area contributed by atoms with Crippen LogP contribution in [0.15, 0.2) is 6.07 Å². The Balaban J connectivity index is 0.00000124. The quantitative estimate of drug-likeness (QED) is 0.418. The maximum absolute atomic E-state index is 12.6. The number of piperidine rings is 1. The van der Waals surface area contributed by atoms with Crippen LogP contribution in [0.5, 0.6) is 0 Å². The summed E-state index contributed by atoms with van der Waals surface area (Å²) in [6, 6.07) is 2.50. The Morgan fingerprint density at radius 3 is 2.53 bits per heavy atom. The van der Waals surface area contributed by atoms with Crippen LogP contribution >= 0.6 is 34.9 Å². The summed E-state index contributed by atoms with van der Waals surface area (Å²) in [5, 5.41) is 0. The highest BCUT2D eigenvalue weighted by Gasteiger charge is 2.53. The molecule has 1 aromatic heterocycles. The average Bonchev–Trinajstić information content (AvgIpc) is 3.10. The van der Waals surface area contributed by atoms with Gasteiger partial charge in [0, 0.05) is 28.8 Å². The van der Waals surface area contributed by atoms with Crippen LogP contribution in [-0.2, 0) is 19.2 Å². The first kappa shape index (κ1) is 24.3. The van der Waals surface area contributed by atoms with Gasteiger partial charge >= 0.3 is 6.09 Å². The Hall–Kier alpha value is -0.370. The predicted molar refractivity (Wildman–Crippen MR) is 131 cm³/mol. The Kier molecular flexibility index (Phi) is 7.48. The molecule has 170 valence electrons. The fraction of sp³-hybridized carbons (Fsp3) is 0.783. The Labute approximate surface area is 194 Å². The van der Waals surface area contributed by atoms with Crippen molar-refractivity contribution in [3.8, 4) is 0 Å². The molecule has 0 N–H and O–H groups in total. The van der Waals surface area contributed by atoms with Crippen molar-refractivity contribution in [3.05, 3.63) is 21.4 Å². The standard InChI is InChI=1S/C21H31NO3S3.C2H6/c1-14-12-20(7-8-22(14)18(23)25-19(3,4)5)17-16(11-15(2)28-17)21(13-24-20)26-9-6-10-27-21;1-2/h11,14H,6-10,12-13H2,1-5H3;1-2H3/t14-,20?;/m0./s1. The molecule has 30 heavy (non-hydrogen) atoms. The molecule has 0 radical (unpaired) electrons. The maximum Gasteiger partial charge on any atom is 0.410 e. The van der Waals surface area contributed by atoms with E-state index >= 15 is 0 Å². The Morgan fingerprint density at radius 2 is 1.93 bits per heavy atom. The van der Waals surface area contributed by atoms with Gasteiger partial charge in [0.1, 0.15) is 15.3 Å². The van der Waals surface area contributed by atoms with Crippen molar-refractivity contribution in [2.75, 3.05) is 24.7 Å². The molecule has 1 aromatic rings. The molecule has 3 aliphatic rings. The maximum atomic E-state index is 12.6. The van der Waals surface area contributed by atoms with Crippen molar-refractivity contribution in [2.45, 2.75) is 89.1 Å². The molecule has 0 aromatic carbocycles. The number of carbonyl (C=O) groups is 1. The molecule has 0 bridgehead atoms. The topological polar surface area (TPSA) is 38.8 Å². The molecule has 2 atom stereocenters. The van der Waals surface area contributed by atoms with Gasteiger partial charge in [0.25, 0.3) is 0 Å². The second-order valence-electron chi connectivity index (χ2n) is 9.16. The number of nitrogens with zero attached hydrogens (tertiary/aromatic N) is 1. The van der Waals surface area contributed by atoms with E-state index in [0.717, 1.165) is 19.4 Å². The number of fused-ring (bicyclic) bond motifs is 3. The van der Waals surface area contributed by atoms with E-state index in [0.29, 0.717) is 6.54 Å². The summed E-state index contributed by atoms with van der Waals surface area (Å²) in [6.45, 7) is 15.6. The number of rotatable bonds is 0. The van der Waals surface area contributed by atoms with Gasteiger partial charge in [-0.1, -0.05) is 13.8 Å². The summed E-state index contributed by atoms with van der Waals surface area (Å²) in [5.74, 6) is 2.42. The van der Waals surface area contributed by atoms with Crippen LogP contribution in [0.2, 0.25) is 0 Å². The number of ether oxygens (including phenoxy) is 2. The number of amides is 1. The monoisotopic (exact) mass is 471 g/mol. The lowest BCUT2D eigenvalue weighted by atomic mass is 9.82. The third-order valence-electron chi connectivity index (χ3n) is 5.72. The van der Waals surface area contributed by atoms with Crippen LogP contribution in [-0.4, -0.2) is 47.3 Å². The highest BCUT2D eigenvalue weighted by atomic mass is 32.2. The number of carbonyl (C=O) groups excluding carboxylic acids is 1. The van der Waals surface area contributed by atoms with Gasteiger partial charge in [0.15, 0.2) is 0 Å². The van der Waals surface area contributed by atoms with E-state index in [4.69, 9.17) is 9.47 Å². The zero-order valence-corrected chi connectivity index (χ0v) is 22.0. The van der Waals surface area contributed by atoms with Crippen molar-refractivity contribution >= 4 is 41.0 Å². The normalized spacial score (nSPS) is 28.0. The highest BCUT2D eigenvalue weighted by molar-refractivity contribution is 8.18. The third kappa shape index (κ3) is 4.69. The largest absolute Gasteiger partial charge is 0.444 e. The second kappa shape index (κ2) is 9.24. The van der Waals surface area contributed by atoms with Gasteiger partial charge in [-0.3, -0.25) is 0 Å². The number of hydrogen-bond acceptors (Lipinski definition) is 6. The van der Waals surface area contributed by atoms with Gasteiger partial charge < -0.3 is 14.4 Å². The molecule has 3 aliphatic heterocycles. The lowest BCUT2D eigenvalue weighted by Gasteiger charge is -2.51. The van der Waals surface area contributed by atoms with Gasteiger partial charge in [-0.05, 0) is 70.6 Å². The molecular weight excluding hydrogens is 434 g/mol. The molecule has 0 saturated carbocycles. The van der Waals surface area contributed by atoms with Gasteiger partial charge in [0.05, 0.1) is 6.61 Å². The molecule has 2 fully saturated rings. The van der Waals surface area contributed by atoms with Crippen LogP contribution < -0.4 is 0 Å². The summed E-state index contributed by atoms with van der Waals surface area (Å²) in [6.07, 6.45) is 2.75. The van der Waals surface area contributed by atoms with E-state index in [1.165, 1.54) is 33.2 Å². The molecule has 2 spiro atoms. The molecule has 1 amide bonds. The first-order chi connectivity index (χ1) is 14.1. The molecular formula is C23H37NO3S3. The minimum Gasteiger partial charge on any atom is -0.444 e. The molecule has 4 rings (SSSR count). The summed E-state index contributed by atoms with van der Waals surface area (Å²) in [7, 11) is 0. The highest BCUT2D eigenvalue weighted by Crippen LogP contribution is 2.60. The molecule has 2 saturated heterocycles. The first-order valence-corrected chi connectivity index (χ1v) is 14.0. The summed E-state index contributed by atoms with van der Waals surface area (Å²) >= 11 is 6.02. The van der Waals surface area contributed by atoms with Crippen LogP contribution in [0, 0.1) is 6.92 Å². The van der Waals surface area contributed by atoms with E-state index in [1.807, 2.05) is 50.9 Å². The van der Waals surface area contributed by atoms with E-state index in [9.17, 15) is 4.79 Å². The van der Waals surface area contributed by atoms with E-state index in [2.05, 4.69) is 43.4 Å². The molecule has 4 nitrogen and oxygen atoms in total. The van der Waals surface area contributed by atoms with Crippen molar-refractivity contribution in [1.29, 1.82) is 0 Å². The zero-order chi connectivity index (χ0) is 22.2. The summed E-state index contributed by atoms with van der Waals surface area (Å²) in [5.41, 5.74) is 0.775. The summed E-state index contributed by atoms with van der Waals surface area (Å²) in [4.78, 5) is 17.3. The SMILES string of the molecule is CC.Cc1cc2c(s1)C1(CCN(C(=O)OC(C)(C)C)[C@@H](C)C1)OCC21SCCCS1. The first-order valence-electron chi connectivity index (χ1n) is 11.2. The lowest BCUT2D eigenvalue weighted by molar-refractivity contribution is -0.111. The Morgan fingerprint density at radius 1 is 1.27 bits per heavy atom. The summed E-state index contributed by atoms with van der Waals surface area (Å²) < 4.78 is 12.4. The third-order valence-corrected chi connectivity index (χ3v) is 10.3. The second-order valence-corrected chi connectivity index (χ2v) is 13.5. The van der Waals surface area contributed by atoms with Crippen LogP contribution in [0.3, 0.4) is 0 Å². The average molecular weight is 472 g/mol. The van der Waals surface area contributed by atoms with Gasteiger partial charge in [-0.25, -0.2) is 4.79 Å². The number of likely N-dealkylation sites (tertiary alicyclic amines) is 1. The van der Waals surface area contributed by atoms with Gasteiger partial charge in [0.2, 0.25) is 0 Å². The van der Waals surface area contributed by atoms with E-state index in [-0.39, 0.29) is 21.8 Å². The van der Waals surface area contributed by atoms with E-state index < -0.39 is 5.60 Å². The zero-order valence-electron chi connectivity index (χ0n) is 19.5.